The van der Waals surface area contributed by atoms with Crippen molar-refractivity contribution in [1.29, 1.82) is 0 Å². The van der Waals surface area contributed by atoms with Crippen molar-refractivity contribution in [3.63, 3.8) is 0 Å². The van der Waals surface area contributed by atoms with Crippen molar-refractivity contribution in [2.24, 2.45) is 11.8 Å². The SMILES string of the molecule is C[C@H](NC(=O)COC(=O)c1cccc(N2C(=O)[C@@H]3C4c5ccccc5C(c5ccccc54)[C@@H]3C2=O)c1)c1ccccc1. The molecule has 42 heavy (non-hydrogen) atoms. The third-order valence-corrected chi connectivity index (χ3v) is 8.80. The monoisotopic (exact) mass is 556 g/mol. The number of hydrogen-bond acceptors (Lipinski definition) is 5. The molecule has 1 heterocycles. The van der Waals surface area contributed by atoms with Crippen molar-refractivity contribution in [2.45, 2.75) is 24.8 Å². The van der Waals surface area contributed by atoms with Crippen LogP contribution in [0.2, 0.25) is 0 Å². The maximum absolute atomic E-state index is 14.0. The van der Waals surface area contributed by atoms with E-state index in [0.29, 0.717) is 5.69 Å². The molecule has 7 heteroatoms. The average Bonchev–Trinajstić information content (AvgIpc) is 3.30. The van der Waals surface area contributed by atoms with Crippen molar-refractivity contribution in [3.8, 4) is 0 Å². The van der Waals surface area contributed by atoms with Crippen LogP contribution in [-0.2, 0) is 19.1 Å². The van der Waals surface area contributed by atoms with Crippen LogP contribution < -0.4 is 10.2 Å². The molecule has 208 valence electrons. The van der Waals surface area contributed by atoms with Crippen molar-refractivity contribution in [1.82, 2.24) is 5.32 Å². The van der Waals surface area contributed by atoms with E-state index in [0.717, 1.165) is 27.8 Å². The van der Waals surface area contributed by atoms with Gasteiger partial charge < -0.3 is 10.1 Å². The van der Waals surface area contributed by atoms with E-state index in [-0.39, 0.29) is 35.3 Å². The Labute approximate surface area is 243 Å². The standard InChI is InChI=1S/C35H28N2O5/c1-20(21-10-3-2-4-11-21)36-28(38)19-42-35(41)22-12-9-13-23(18-22)37-33(39)31-29-24-14-5-6-15-25(24)30(32(31)34(37)40)27-17-8-7-16-26(27)29/h2-18,20,29-32H,19H2,1H3,(H,36,38)/t20-,29?,30?,31-,32+/m0/s1. The molecule has 3 amide bonds. The Hall–Kier alpha value is -5.04. The first-order valence-electron chi connectivity index (χ1n) is 14.1. The number of rotatable bonds is 6. The third-order valence-electron chi connectivity index (χ3n) is 8.80. The van der Waals surface area contributed by atoms with Crippen LogP contribution in [-0.4, -0.2) is 30.3 Å². The number of nitrogens with zero attached hydrogens (tertiary/aromatic N) is 1. The average molecular weight is 557 g/mol. The molecule has 4 aromatic rings. The van der Waals surface area contributed by atoms with Gasteiger partial charge in [-0.25, -0.2) is 9.69 Å². The maximum atomic E-state index is 14.0. The molecule has 1 saturated heterocycles. The van der Waals surface area contributed by atoms with Gasteiger partial charge in [-0.05, 0) is 52.9 Å². The van der Waals surface area contributed by atoms with Crippen LogP contribution in [0.15, 0.2) is 103 Å². The summed E-state index contributed by atoms with van der Waals surface area (Å²) in [6, 6.07) is 31.7. The summed E-state index contributed by atoms with van der Waals surface area (Å²) in [5.41, 5.74) is 5.81. The normalized spacial score (nSPS) is 22.2. The van der Waals surface area contributed by atoms with Gasteiger partial charge in [0, 0.05) is 11.8 Å². The van der Waals surface area contributed by atoms with Gasteiger partial charge in [0.25, 0.3) is 5.91 Å². The Kier molecular flexibility index (Phi) is 6.23. The second-order valence-corrected chi connectivity index (χ2v) is 11.1. The number of anilines is 1. The molecule has 0 unspecified atom stereocenters. The van der Waals surface area contributed by atoms with Crippen molar-refractivity contribution in [3.05, 3.63) is 137 Å². The molecule has 8 rings (SSSR count). The molecule has 1 N–H and O–H groups in total. The van der Waals surface area contributed by atoms with Gasteiger partial charge in [-0.1, -0.05) is 84.9 Å². The number of carbonyl (C=O) groups is 4. The fraction of sp³-hybridized carbons (Fsp3) is 0.200. The Morgan fingerprint density at radius 2 is 1.26 bits per heavy atom. The first-order valence-corrected chi connectivity index (χ1v) is 14.1. The molecule has 1 fully saturated rings. The van der Waals surface area contributed by atoms with Crippen molar-refractivity contribution >= 4 is 29.4 Å². The smallest absolute Gasteiger partial charge is 0.338 e. The quantitative estimate of drug-likeness (QED) is 0.263. The molecule has 2 bridgehead atoms. The Balaban J connectivity index is 1.11. The maximum Gasteiger partial charge on any atom is 0.338 e. The van der Waals surface area contributed by atoms with E-state index in [1.54, 1.807) is 18.2 Å². The number of benzene rings is 4. The van der Waals surface area contributed by atoms with Gasteiger partial charge in [-0.15, -0.1) is 0 Å². The second kappa shape index (κ2) is 10.1. The van der Waals surface area contributed by atoms with Gasteiger partial charge in [0.1, 0.15) is 0 Å². The van der Waals surface area contributed by atoms with E-state index in [1.807, 2.05) is 61.5 Å². The molecule has 3 atom stereocenters. The topological polar surface area (TPSA) is 92.8 Å². The fourth-order valence-corrected chi connectivity index (χ4v) is 7.03. The number of amides is 3. The van der Waals surface area contributed by atoms with E-state index < -0.39 is 30.3 Å². The molecular formula is C35H28N2O5. The van der Waals surface area contributed by atoms with Gasteiger partial charge >= 0.3 is 5.97 Å². The third kappa shape index (κ3) is 4.04. The summed E-state index contributed by atoms with van der Waals surface area (Å²) in [5, 5.41) is 2.81. The van der Waals surface area contributed by atoms with Crippen molar-refractivity contribution < 1.29 is 23.9 Å². The van der Waals surface area contributed by atoms with Gasteiger partial charge in [0.2, 0.25) is 11.8 Å². The van der Waals surface area contributed by atoms with Gasteiger partial charge in [-0.2, -0.15) is 0 Å². The minimum atomic E-state index is -0.712. The van der Waals surface area contributed by atoms with E-state index in [9.17, 15) is 19.2 Å². The second-order valence-electron chi connectivity index (χ2n) is 11.1. The zero-order valence-corrected chi connectivity index (χ0v) is 22.9. The predicted molar refractivity (Wildman–Crippen MR) is 156 cm³/mol. The molecule has 0 saturated carbocycles. The first kappa shape index (κ1) is 25.9. The number of hydrogen-bond donors (Lipinski definition) is 1. The lowest BCUT2D eigenvalue weighted by molar-refractivity contribution is -0.125. The highest BCUT2D eigenvalue weighted by atomic mass is 16.5. The predicted octanol–water partition coefficient (Wildman–Crippen LogP) is 5.12. The summed E-state index contributed by atoms with van der Waals surface area (Å²) >= 11 is 0. The lowest BCUT2D eigenvalue weighted by Crippen LogP contribution is -2.41. The van der Waals surface area contributed by atoms with Gasteiger partial charge in [0.15, 0.2) is 6.61 Å². The fourth-order valence-electron chi connectivity index (χ4n) is 7.03. The van der Waals surface area contributed by atoms with Crippen LogP contribution >= 0.6 is 0 Å². The molecule has 4 aromatic carbocycles. The lowest BCUT2D eigenvalue weighted by Gasteiger charge is -2.45. The minimum absolute atomic E-state index is 0.154. The number of esters is 1. The van der Waals surface area contributed by atoms with Crippen LogP contribution in [0.3, 0.4) is 0 Å². The molecule has 0 spiro atoms. The Morgan fingerprint density at radius 1 is 0.738 bits per heavy atom. The molecule has 0 radical (unpaired) electrons. The highest BCUT2D eigenvalue weighted by Gasteiger charge is 2.61. The summed E-state index contributed by atoms with van der Waals surface area (Å²) in [6.07, 6.45) is 0. The van der Waals surface area contributed by atoms with Crippen LogP contribution in [0.1, 0.15) is 63.0 Å². The Morgan fingerprint density at radius 3 is 1.81 bits per heavy atom. The molecule has 7 nitrogen and oxygen atoms in total. The van der Waals surface area contributed by atoms with Gasteiger partial charge in [-0.3, -0.25) is 14.4 Å². The summed E-state index contributed by atoms with van der Waals surface area (Å²) < 4.78 is 5.28. The summed E-state index contributed by atoms with van der Waals surface area (Å²) in [5.74, 6) is -3.11. The molecule has 4 aliphatic rings. The molecular weight excluding hydrogens is 528 g/mol. The van der Waals surface area contributed by atoms with E-state index in [1.165, 1.54) is 11.0 Å². The van der Waals surface area contributed by atoms with Gasteiger partial charge in [0.05, 0.1) is 29.1 Å². The zero-order chi connectivity index (χ0) is 29.0. The van der Waals surface area contributed by atoms with Crippen LogP contribution in [0.5, 0.6) is 0 Å². The lowest BCUT2D eigenvalue weighted by atomic mass is 9.55. The largest absolute Gasteiger partial charge is 0.452 e. The first-order chi connectivity index (χ1) is 20.4. The van der Waals surface area contributed by atoms with Crippen LogP contribution in [0.25, 0.3) is 0 Å². The highest BCUT2D eigenvalue weighted by molar-refractivity contribution is 6.23. The molecule has 1 aliphatic heterocycles. The number of carbonyl (C=O) groups excluding carboxylic acids is 4. The summed E-state index contributed by atoms with van der Waals surface area (Å²) in [7, 11) is 0. The zero-order valence-electron chi connectivity index (χ0n) is 22.9. The van der Waals surface area contributed by atoms with E-state index in [4.69, 9.17) is 4.74 Å². The number of imide groups is 1. The minimum Gasteiger partial charge on any atom is -0.452 e. The number of ether oxygens (including phenoxy) is 1. The summed E-state index contributed by atoms with van der Waals surface area (Å²) in [4.78, 5) is 54.6. The van der Waals surface area contributed by atoms with E-state index >= 15 is 0 Å². The van der Waals surface area contributed by atoms with Crippen LogP contribution in [0.4, 0.5) is 5.69 Å². The molecule has 0 aromatic heterocycles. The van der Waals surface area contributed by atoms with Crippen molar-refractivity contribution in [2.75, 3.05) is 11.5 Å². The molecule has 3 aliphatic carbocycles. The van der Waals surface area contributed by atoms with E-state index in [2.05, 4.69) is 29.6 Å². The highest BCUT2D eigenvalue weighted by Crippen LogP contribution is 2.61. The summed E-state index contributed by atoms with van der Waals surface area (Å²) in [6.45, 7) is 1.40. The van der Waals surface area contributed by atoms with Crippen LogP contribution in [0, 0.1) is 11.8 Å². The number of nitrogens with one attached hydrogen (secondary N) is 1. The Bertz CT molecular complexity index is 1630.